The predicted molar refractivity (Wildman–Crippen MR) is 109 cm³/mol. The molecule has 1 aliphatic heterocycles. The molecule has 0 unspecified atom stereocenters. The van der Waals surface area contributed by atoms with Gasteiger partial charge in [0.2, 0.25) is 5.43 Å². The zero-order chi connectivity index (χ0) is 19.4. The van der Waals surface area contributed by atoms with E-state index < -0.39 is 11.4 Å². The summed E-state index contributed by atoms with van der Waals surface area (Å²) in [5.74, 6) is -0.212. The Bertz CT molecular complexity index is 1150. The van der Waals surface area contributed by atoms with Gasteiger partial charge >= 0.3 is 5.97 Å². The molecule has 2 aliphatic rings. The summed E-state index contributed by atoms with van der Waals surface area (Å²) in [5.41, 5.74) is 3.29. The highest BCUT2D eigenvalue weighted by molar-refractivity contribution is 7.15. The molecule has 28 heavy (non-hydrogen) atoms. The smallest absolute Gasteiger partial charge is 0.341 e. The maximum Gasteiger partial charge on any atom is 0.341 e. The Balaban J connectivity index is 1.82. The van der Waals surface area contributed by atoms with E-state index in [9.17, 15) is 14.7 Å². The third-order valence-corrected chi connectivity index (χ3v) is 6.86. The summed E-state index contributed by atoms with van der Waals surface area (Å²) in [6.07, 6.45) is 4.43. The van der Waals surface area contributed by atoms with Crippen LogP contribution in [0.3, 0.4) is 0 Å². The molecule has 0 radical (unpaired) electrons. The largest absolute Gasteiger partial charge is 0.494 e. The second-order valence-corrected chi connectivity index (χ2v) is 8.53. The summed E-state index contributed by atoms with van der Waals surface area (Å²) in [7, 11) is 1.60. The van der Waals surface area contributed by atoms with E-state index in [-0.39, 0.29) is 5.56 Å². The number of thiophene rings is 1. The van der Waals surface area contributed by atoms with Crippen molar-refractivity contribution in [2.45, 2.75) is 31.7 Å². The van der Waals surface area contributed by atoms with Crippen LogP contribution in [0.2, 0.25) is 0 Å². The van der Waals surface area contributed by atoms with Crippen LogP contribution in [0, 0.1) is 0 Å². The van der Waals surface area contributed by atoms with Crippen molar-refractivity contribution >= 4 is 28.2 Å². The first-order chi connectivity index (χ1) is 13.6. The van der Waals surface area contributed by atoms with Crippen molar-refractivity contribution in [2.24, 2.45) is 0 Å². The Kier molecular flexibility index (Phi) is 4.03. The molecule has 7 heteroatoms. The number of aromatic amines is 1. The van der Waals surface area contributed by atoms with Crippen LogP contribution in [-0.4, -0.2) is 29.7 Å². The Labute approximate surface area is 165 Å². The van der Waals surface area contributed by atoms with Crippen molar-refractivity contribution in [3.05, 3.63) is 50.1 Å². The second-order valence-electron chi connectivity index (χ2n) is 7.39. The van der Waals surface area contributed by atoms with Crippen molar-refractivity contribution in [1.82, 2.24) is 10.3 Å². The molecule has 1 aliphatic carbocycles. The average Bonchev–Trinajstić information content (AvgIpc) is 3.45. The van der Waals surface area contributed by atoms with Crippen molar-refractivity contribution in [1.29, 1.82) is 0 Å². The fourth-order valence-electron chi connectivity index (χ4n) is 4.06. The van der Waals surface area contributed by atoms with Crippen LogP contribution in [0.15, 0.2) is 23.1 Å². The SMILES string of the molecule is COc1c(-c2cc3c(s2)CCNC3)c(C2CC2)cc2c(=O)c(C(=O)O)c[nH]c12. The Morgan fingerprint density at radius 3 is 2.82 bits per heavy atom. The average molecular weight is 396 g/mol. The number of methoxy groups -OCH3 is 1. The number of hydrogen-bond donors (Lipinski definition) is 3. The number of benzene rings is 1. The normalized spacial score (nSPS) is 16.2. The zero-order valence-electron chi connectivity index (χ0n) is 15.4. The molecule has 3 heterocycles. The summed E-state index contributed by atoms with van der Waals surface area (Å²) in [6, 6.07) is 4.11. The number of hydrogen-bond acceptors (Lipinski definition) is 5. The number of pyridine rings is 1. The number of ether oxygens (including phenoxy) is 1. The molecule has 6 nitrogen and oxygen atoms in total. The van der Waals surface area contributed by atoms with Crippen LogP contribution < -0.4 is 15.5 Å². The number of aromatic nitrogens is 1. The third kappa shape index (κ3) is 2.65. The highest BCUT2D eigenvalue weighted by atomic mass is 32.1. The molecule has 1 saturated carbocycles. The van der Waals surface area contributed by atoms with Gasteiger partial charge in [-0.15, -0.1) is 11.3 Å². The van der Waals surface area contributed by atoms with Crippen molar-refractivity contribution < 1.29 is 14.6 Å². The highest BCUT2D eigenvalue weighted by Crippen LogP contribution is 2.51. The lowest BCUT2D eigenvalue weighted by Gasteiger charge is -2.16. The lowest BCUT2D eigenvalue weighted by Crippen LogP contribution is -2.21. The Hall–Kier alpha value is -2.64. The molecular weight excluding hydrogens is 376 g/mol. The predicted octanol–water partition coefficient (Wildman–Crippen LogP) is 3.49. The van der Waals surface area contributed by atoms with Crippen molar-refractivity contribution in [3.8, 4) is 16.2 Å². The zero-order valence-corrected chi connectivity index (χ0v) is 16.2. The Morgan fingerprint density at radius 2 is 2.14 bits per heavy atom. The van der Waals surface area contributed by atoms with Crippen LogP contribution in [0.5, 0.6) is 5.75 Å². The quantitative estimate of drug-likeness (QED) is 0.628. The third-order valence-electron chi connectivity index (χ3n) is 5.60. The van der Waals surface area contributed by atoms with Gasteiger partial charge in [0.1, 0.15) is 5.56 Å². The molecule has 5 rings (SSSR count). The summed E-state index contributed by atoms with van der Waals surface area (Å²) in [5, 5.41) is 13.1. The van der Waals surface area contributed by atoms with Gasteiger partial charge in [-0.05, 0) is 48.4 Å². The number of fused-ring (bicyclic) bond motifs is 2. The van der Waals surface area contributed by atoms with Gasteiger partial charge in [0, 0.05) is 34.6 Å². The topological polar surface area (TPSA) is 91.4 Å². The molecule has 2 aromatic heterocycles. The van der Waals surface area contributed by atoms with Gasteiger partial charge in [-0.2, -0.15) is 0 Å². The lowest BCUT2D eigenvalue weighted by molar-refractivity contribution is 0.0695. The minimum absolute atomic E-state index is 0.248. The van der Waals surface area contributed by atoms with Gasteiger partial charge < -0.3 is 20.1 Å². The lowest BCUT2D eigenvalue weighted by atomic mass is 9.96. The van der Waals surface area contributed by atoms with E-state index in [4.69, 9.17) is 4.74 Å². The first-order valence-corrected chi connectivity index (χ1v) is 10.2. The molecular formula is C21H20N2O4S. The molecule has 3 aromatic rings. The number of carboxylic acids is 1. The van der Waals surface area contributed by atoms with Crippen molar-refractivity contribution in [3.63, 3.8) is 0 Å². The van der Waals surface area contributed by atoms with E-state index in [0.717, 1.165) is 48.4 Å². The first-order valence-electron chi connectivity index (χ1n) is 9.40. The molecule has 1 aromatic carbocycles. The van der Waals surface area contributed by atoms with Crippen LogP contribution in [-0.2, 0) is 13.0 Å². The fraction of sp³-hybridized carbons (Fsp3) is 0.333. The minimum Gasteiger partial charge on any atom is -0.494 e. The van der Waals surface area contributed by atoms with Crippen LogP contribution in [0.25, 0.3) is 21.3 Å². The standard InChI is InChI=1S/C21H20N2O4S/c1-27-20-17(16-6-11-8-22-5-4-15(11)28-16)12(10-2-3-10)7-13-18(20)23-9-14(19(13)24)21(25)26/h6-7,9-10,22H,2-5,8H2,1H3,(H,23,24)(H,25,26). The van der Waals surface area contributed by atoms with Crippen LogP contribution >= 0.6 is 11.3 Å². The monoisotopic (exact) mass is 396 g/mol. The van der Waals surface area contributed by atoms with E-state index >= 15 is 0 Å². The van der Waals surface area contributed by atoms with Gasteiger partial charge in [0.05, 0.1) is 18.0 Å². The van der Waals surface area contributed by atoms with E-state index in [1.54, 1.807) is 18.4 Å². The fourth-order valence-corrected chi connectivity index (χ4v) is 5.31. The van der Waals surface area contributed by atoms with Crippen molar-refractivity contribution in [2.75, 3.05) is 13.7 Å². The first kappa shape index (κ1) is 17.5. The molecule has 0 spiro atoms. The molecule has 3 N–H and O–H groups in total. The molecule has 0 atom stereocenters. The second kappa shape index (κ2) is 6.46. The van der Waals surface area contributed by atoms with E-state index in [0.29, 0.717) is 22.6 Å². The van der Waals surface area contributed by atoms with Crippen LogP contribution in [0.4, 0.5) is 0 Å². The number of H-pyrrole nitrogens is 1. The summed E-state index contributed by atoms with van der Waals surface area (Å²) < 4.78 is 5.79. The highest BCUT2D eigenvalue weighted by Gasteiger charge is 2.31. The molecule has 0 amide bonds. The van der Waals surface area contributed by atoms with Gasteiger partial charge in [-0.25, -0.2) is 4.79 Å². The number of rotatable bonds is 4. The van der Waals surface area contributed by atoms with Gasteiger partial charge in [-0.3, -0.25) is 4.79 Å². The summed E-state index contributed by atoms with van der Waals surface area (Å²) in [6.45, 7) is 1.86. The molecule has 0 bridgehead atoms. The minimum atomic E-state index is -1.22. The van der Waals surface area contributed by atoms with E-state index in [2.05, 4.69) is 16.4 Å². The summed E-state index contributed by atoms with van der Waals surface area (Å²) >= 11 is 1.79. The molecule has 1 fully saturated rings. The molecule has 144 valence electrons. The number of carbonyl (C=O) groups is 1. The van der Waals surface area contributed by atoms with Crippen LogP contribution in [0.1, 0.15) is 45.1 Å². The number of carboxylic acid groups (broad SMARTS) is 1. The van der Waals surface area contributed by atoms with Gasteiger partial charge in [0.15, 0.2) is 5.75 Å². The number of aromatic carboxylic acids is 1. The molecule has 0 saturated heterocycles. The van der Waals surface area contributed by atoms with Gasteiger partial charge in [0.25, 0.3) is 0 Å². The number of nitrogens with one attached hydrogen (secondary N) is 2. The van der Waals surface area contributed by atoms with E-state index in [1.165, 1.54) is 16.6 Å². The van der Waals surface area contributed by atoms with E-state index in [1.807, 2.05) is 6.07 Å². The maximum atomic E-state index is 12.8. The maximum absolute atomic E-state index is 12.8. The Morgan fingerprint density at radius 1 is 1.32 bits per heavy atom. The summed E-state index contributed by atoms with van der Waals surface area (Å²) in [4.78, 5) is 29.7. The van der Waals surface area contributed by atoms with Gasteiger partial charge in [-0.1, -0.05) is 0 Å².